The molecular weight excluding hydrogens is 263 g/mol. The van der Waals surface area contributed by atoms with Crippen molar-refractivity contribution in [1.82, 2.24) is 10.2 Å². The van der Waals surface area contributed by atoms with Crippen LogP contribution in [0.1, 0.15) is 24.8 Å². The highest BCUT2D eigenvalue weighted by molar-refractivity contribution is 6.19. The van der Waals surface area contributed by atoms with E-state index in [4.69, 9.17) is 0 Å². The van der Waals surface area contributed by atoms with Crippen molar-refractivity contribution in [1.29, 1.82) is 0 Å². The van der Waals surface area contributed by atoms with Gasteiger partial charge in [0, 0.05) is 0 Å². The van der Waals surface area contributed by atoms with Gasteiger partial charge in [-0.2, -0.15) is 0 Å². The van der Waals surface area contributed by atoms with Crippen molar-refractivity contribution in [3.63, 3.8) is 0 Å². The summed E-state index contributed by atoms with van der Waals surface area (Å²) in [6, 6.07) is 4.86. The zero-order valence-electron chi connectivity index (χ0n) is 10.7. The second-order valence-corrected chi connectivity index (χ2v) is 5.21. The standard InChI is InChI=1S/C14H13FN2O3/c15-10-4-2-9(3-5-10)8-17-12(19)14(6-1-7-14)11(18)16-13(17)20/h2-5H,1,6-8H2,(H,16,18,20). The minimum atomic E-state index is -1.06. The molecule has 1 N–H and O–H groups in total. The molecule has 0 unspecified atom stereocenters. The number of hydrogen-bond acceptors (Lipinski definition) is 3. The second-order valence-electron chi connectivity index (χ2n) is 5.21. The lowest BCUT2D eigenvalue weighted by Crippen LogP contribution is -2.65. The Labute approximate surface area is 114 Å². The van der Waals surface area contributed by atoms with Crippen LogP contribution in [0.3, 0.4) is 0 Å². The molecule has 0 radical (unpaired) electrons. The number of rotatable bonds is 2. The Morgan fingerprint density at radius 3 is 2.35 bits per heavy atom. The van der Waals surface area contributed by atoms with Crippen molar-refractivity contribution in [2.45, 2.75) is 25.8 Å². The zero-order valence-corrected chi connectivity index (χ0v) is 10.7. The van der Waals surface area contributed by atoms with Gasteiger partial charge in [0.1, 0.15) is 11.2 Å². The SMILES string of the molecule is O=C1NC(=O)C2(CCC2)C(=O)N1Cc1ccc(F)cc1. The first kappa shape index (κ1) is 12.8. The number of carbonyl (C=O) groups is 3. The normalized spacial score (nSPS) is 20.9. The minimum Gasteiger partial charge on any atom is -0.277 e. The largest absolute Gasteiger partial charge is 0.331 e. The molecule has 1 saturated heterocycles. The third-order valence-corrected chi connectivity index (χ3v) is 4.02. The van der Waals surface area contributed by atoms with Crippen LogP contribution in [-0.4, -0.2) is 22.7 Å². The summed E-state index contributed by atoms with van der Waals surface area (Å²) in [6.07, 6.45) is 1.76. The fourth-order valence-electron chi connectivity index (χ4n) is 2.62. The Bertz CT molecular complexity index is 593. The molecule has 5 nitrogen and oxygen atoms in total. The summed E-state index contributed by atoms with van der Waals surface area (Å²) in [7, 11) is 0. The van der Waals surface area contributed by atoms with Gasteiger partial charge in [-0.15, -0.1) is 0 Å². The van der Waals surface area contributed by atoms with Crippen LogP contribution in [-0.2, 0) is 16.1 Å². The highest BCUT2D eigenvalue weighted by Crippen LogP contribution is 2.44. The number of benzene rings is 1. The Hall–Kier alpha value is -2.24. The van der Waals surface area contributed by atoms with Crippen LogP contribution in [0, 0.1) is 11.2 Å². The van der Waals surface area contributed by atoms with Gasteiger partial charge in [-0.1, -0.05) is 18.6 Å². The van der Waals surface area contributed by atoms with Crippen LogP contribution in [0.2, 0.25) is 0 Å². The molecular formula is C14H13FN2O3. The number of halogens is 1. The lowest BCUT2D eigenvalue weighted by Gasteiger charge is -2.44. The summed E-state index contributed by atoms with van der Waals surface area (Å²) in [5.41, 5.74) is -0.424. The maximum Gasteiger partial charge on any atom is 0.331 e. The first-order valence-electron chi connectivity index (χ1n) is 6.45. The van der Waals surface area contributed by atoms with Crippen molar-refractivity contribution in [2.75, 3.05) is 0 Å². The van der Waals surface area contributed by atoms with Crippen LogP contribution >= 0.6 is 0 Å². The van der Waals surface area contributed by atoms with Crippen LogP contribution in [0.15, 0.2) is 24.3 Å². The lowest BCUT2D eigenvalue weighted by molar-refractivity contribution is -0.158. The van der Waals surface area contributed by atoms with E-state index in [0.29, 0.717) is 18.4 Å². The molecule has 0 bridgehead atoms. The van der Waals surface area contributed by atoms with Crippen molar-refractivity contribution >= 4 is 17.8 Å². The van der Waals surface area contributed by atoms with E-state index in [1.165, 1.54) is 24.3 Å². The quantitative estimate of drug-likeness (QED) is 0.834. The Morgan fingerprint density at radius 2 is 1.80 bits per heavy atom. The molecule has 2 aliphatic rings. The minimum absolute atomic E-state index is 0.0416. The zero-order chi connectivity index (χ0) is 14.3. The molecule has 1 spiro atoms. The van der Waals surface area contributed by atoms with Crippen molar-refractivity contribution in [3.8, 4) is 0 Å². The Kier molecular flexibility index (Phi) is 2.81. The predicted octanol–water partition coefficient (Wildman–Crippen LogP) is 1.57. The summed E-state index contributed by atoms with van der Waals surface area (Å²) in [6.45, 7) is 0.0416. The third kappa shape index (κ3) is 1.79. The van der Waals surface area contributed by atoms with E-state index in [1.807, 2.05) is 0 Å². The van der Waals surface area contributed by atoms with Gasteiger partial charge in [0.25, 0.3) is 0 Å². The van der Waals surface area contributed by atoms with Gasteiger partial charge < -0.3 is 0 Å². The molecule has 4 amide bonds. The molecule has 2 fully saturated rings. The van der Waals surface area contributed by atoms with Crippen LogP contribution in [0.5, 0.6) is 0 Å². The number of nitrogens with one attached hydrogen (secondary N) is 1. The predicted molar refractivity (Wildman–Crippen MR) is 66.8 cm³/mol. The molecule has 1 aromatic rings. The van der Waals surface area contributed by atoms with E-state index in [-0.39, 0.29) is 12.4 Å². The summed E-state index contributed by atoms with van der Waals surface area (Å²) >= 11 is 0. The molecule has 6 heteroatoms. The number of amides is 4. The smallest absolute Gasteiger partial charge is 0.277 e. The molecule has 1 aliphatic carbocycles. The highest BCUT2D eigenvalue weighted by atomic mass is 19.1. The molecule has 0 aromatic heterocycles. The fraction of sp³-hybridized carbons (Fsp3) is 0.357. The number of urea groups is 1. The maximum atomic E-state index is 12.9. The van der Waals surface area contributed by atoms with Crippen molar-refractivity contribution < 1.29 is 18.8 Å². The van der Waals surface area contributed by atoms with Gasteiger partial charge in [-0.3, -0.25) is 19.8 Å². The summed E-state index contributed by atoms with van der Waals surface area (Å²) < 4.78 is 12.9. The first-order chi connectivity index (χ1) is 9.53. The molecule has 1 aliphatic heterocycles. The molecule has 1 saturated carbocycles. The molecule has 104 valence electrons. The number of barbiturate groups is 1. The van der Waals surface area contributed by atoms with E-state index in [0.717, 1.165) is 11.3 Å². The molecule has 1 heterocycles. The van der Waals surface area contributed by atoms with E-state index in [9.17, 15) is 18.8 Å². The lowest BCUT2D eigenvalue weighted by atomic mass is 9.66. The van der Waals surface area contributed by atoms with Gasteiger partial charge in [0.05, 0.1) is 6.54 Å². The number of nitrogens with zero attached hydrogens (tertiary/aromatic N) is 1. The Morgan fingerprint density at radius 1 is 1.15 bits per heavy atom. The van der Waals surface area contributed by atoms with Gasteiger partial charge in [-0.05, 0) is 30.5 Å². The monoisotopic (exact) mass is 276 g/mol. The number of imide groups is 2. The number of hydrogen-bond donors (Lipinski definition) is 1. The van der Waals surface area contributed by atoms with Gasteiger partial charge in [0.15, 0.2) is 0 Å². The first-order valence-corrected chi connectivity index (χ1v) is 6.45. The second kappa shape index (κ2) is 4.40. The average Bonchev–Trinajstić information content (AvgIpc) is 2.35. The third-order valence-electron chi connectivity index (χ3n) is 4.02. The maximum absolute atomic E-state index is 12.9. The van der Waals surface area contributed by atoms with Crippen LogP contribution < -0.4 is 5.32 Å². The van der Waals surface area contributed by atoms with Gasteiger partial charge in [0.2, 0.25) is 11.8 Å². The summed E-state index contributed by atoms with van der Waals surface area (Å²) in [5.74, 6) is -1.32. The highest BCUT2D eigenvalue weighted by Gasteiger charge is 2.57. The van der Waals surface area contributed by atoms with E-state index in [2.05, 4.69) is 5.32 Å². The molecule has 20 heavy (non-hydrogen) atoms. The summed E-state index contributed by atoms with van der Waals surface area (Å²) in [5, 5.41) is 2.24. The van der Waals surface area contributed by atoms with Crippen molar-refractivity contribution in [2.24, 2.45) is 5.41 Å². The Balaban J connectivity index is 1.84. The summed E-state index contributed by atoms with van der Waals surface area (Å²) in [4.78, 5) is 37.1. The topological polar surface area (TPSA) is 66.5 Å². The van der Waals surface area contributed by atoms with Crippen LogP contribution in [0.25, 0.3) is 0 Å². The average molecular weight is 276 g/mol. The van der Waals surface area contributed by atoms with Crippen LogP contribution in [0.4, 0.5) is 9.18 Å². The molecule has 3 rings (SSSR count). The van der Waals surface area contributed by atoms with Gasteiger partial charge in [-0.25, -0.2) is 9.18 Å². The van der Waals surface area contributed by atoms with Gasteiger partial charge >= 0.3 is 6.03 Å². The van der Waals surface area contributed by atoms with E-state index in [1.54, 1.807) is 0 Å². The fourth-order valence-corrected chi connectivity index (χ4v) is 2.62. The molecule has 1 aromatic carbocycles. The van der Waals surface area contributed by atoms with E-state index < -0.39 is 23.3 Å². The van der Waals surface area contributed by atoms with Crippen molar-refractivity contribution in [3.05, 3.63) is 35.6 Å². The van der Waals surface area contributed by atoms with E-state index >= 15 is 0 Å². The number of carbonyl (C=O) groups excluding carboxylic acids is 3. The molecule has 0 atom stereocenters.